The van der Waals surface area contributed by atoms with Crippen LogP contribution in [0.15, 0.2) is 101 Å². The van der Waals surface area contributed by atoms with Crippen LogP contribution in [0.2, 0.25) is 0 Å². The number of fused-ring (bicyclic) bond motifs is 1. The smallest absolute Gasteiger partial charge is 0.365 e. The monoisotopic (exact) mass is 559 g/mol. The van der Waals surface area contributed by atoms with Crippen LogP contribution in [-0.4, -0.2) is 37.9 Å². The quantitative estimate of drug-likeness (QED) is 0.123. The summed E-state index contributed by atoms with van der Waals surface area (Å²) in [6.07, 6.45) is 4.75. The number of para-hydroxylation sites is 1. The lowest BCUT2D eigenvalue weighted by atomic mass is 10.0. The molecule has 210 valence electrons. The Kier molecular flexibility index (Phi) is 7.98. The largest absolute Gasteiger partial charge is 0.494 e. The van der Waals surface area contributed by atoms with Crippen molar-refractivity contribution >= 4 is 17.0 Å². The Morgan fingerprint density at radius 1 is 0.714 bits per heavy atom. The van der Waals surface area contributed by atoms with E-state index < -0.39 is 5.97 Å². The number of nitrogens with zero attached hydrogens (tertiary/aromatic N) is 5. The standard InChI is InChI=1S/C33H29N5O4/c1-2-3-4-7-22-40-28-20-18-24(19-21-28)23-10-12-25(13-11-23)31-35-36-32(41-31)26-14-16-27(17-15-26)33(39)42-38-30-9-6-5-8-29(30)34-37-38/h5-6,8-21H,2-4,7,22H2,1H3. The van der Waals surface area contributed by atoms with Gasteiger partial charge in [0.15, 0.2) is 0 Å². The molecule has 2 heterocycles. The minimum absolute atomic E-state index is 0.347. The van der Waals surface area contributed by atoms with Crippen molar-refractivity contribution in [1.82, 2.24) is 25.4 Å². The summed E-state index contributed by atoms with van der Waals surface area (Å²) in [5.41, 5.74) is 5.25. The molecule has 0 N–H and O–H groups in total. The Morgan fingerprint density at radius 3 is 2.02 bits per heavy atom. The van der Waals surface area contributed by atoms with Crippen molar-refractivity contribution < 1.29 is 18.8 Å². The zero-order valence-electron chi connectivity index (χ0n) is 23.1. The Balaban J connectivity index is 1.07. The van der Waals surface area contributed by atoms with Crippen LogP contribution in [0.1, 0.15) is 43.0 Å². The molecule has 6 aromatic rings. The van der Waals surface area contributed by atoms with Gasteiger partial charge in [-0.2, -0.15) is 0 Å². The van der Waals surface area contributed by atoms with Crippen molar-refractivity contribution in [2.24, 2.45) is 0 Å². The highest BCUT2D eigenvalue weighted by atomic mass is 16.7. The summed E-state index contributed by atoms with van der Waals surface area (Å²) in [6.45, 7) is 2.96. The first kappa shape index (κ1) is 26.9. The van der Waals surface area contributed by atoms with Gasteiger partial charge < -0.3 is 14.0 Å². The van der Waals surface area contributed by atoms with E-state index in [0.717, 1.165) is 40.3 Å². The Morgan fingerprint density at radius 2 is 1.33 bits per heavy atom. The van der Waals surface area contributed by atoms with E-state index in [1.807, 2.05) is 48.5 Å². The van der Waals surface area contributed by atoms with Crippen molar-refractivity contribution in [1.29, 1.82) is 0 Å². The maximum atomic E-state index is 12.6. The maximum Gasteiger partial charge on any atom is 0.365 e. The van der Waals surface area contributed by atoms with Gasteiger partial charge in [-0.15, -0.1) is 15.3 Å². The summed E-state index contributed by atoms with van der Waals surface area (Å²) in [5.74, 6) is 1.08. The first-order chi connectivity index (χ1) is 20.7. The number of carbonyl (C=O) groups is 1. The number of hydrogen-bond acceptors (Lipinski definition) is 8. The van der Waals surface area contributed by atoms with Crippen LogP contribution >= 0.6 is 0 Å². The second-order valence-electron chi connectivity index (χ2n) is 9.83. The fourth-order valence-electron chi connectivity index (χ4n) is 4.52. The molecule has 0 unspecified atom stereocenters. The molecule has 0 bridgehead atoms. The van der Waals surface area contributed by atoms with Crippen molar-refractivity contribution in [3.8, 4) is 39.8 Å². The van der Waals surface area contributed by atoms with Crippen LogP contribution in [0.25, 0.3) is 45.1 Å². The fraction of sp³-hybridized carbons (Fsp3) is 0.182. The lowest BCUT2D eigenvalue weighted by molar-refractivity contribution is 0.0409. The van der Waals surface area contributed by atoms with E-state index in [9.17, 15) is 4.79 Å². The van der Waals surface area contributed by atoms with Gasteiger partial charge in [0.2, 0.25) is 11.8 Å². The maximum absolute atomic E-state index is 12.6. The third-order valence-electron chi connectivity index (χ3n) is 6.87. The highest BCUT2D eigenvalue weighted by Gasteiger charge is 2.15. The molecule has 0 atom stereocenters. The summed E-state index contributed by atoms with van der Waals surface area (Å²) in [6, 6.07) is 30.1. The van der Waals surface area contributed by atoms with Gasteiger partial charge in [-0.25, -0.2) is 4.79 Å². The van der Waals surface area contributed by atoms with Gasteiger partial charge in [0.1, 0.15) is 16.8 Å². The van der Waals surface area contributed by atoms with E-state index in [4.69, 9.17) is 14.0 Å². The number of aromatic nitrogens is 5. The number of unbranched alkanes of at least 4 members (excludes halogenated alkanes) is 3. The van der Waals surface area contributed by atoms with Crippen molar-refractivity contribution in [3.63, 3.8) is 0 Å². The van der Waals surface area contributed by atoms with E-state index >= 15 is 0 Å². The van der Waals surface area contributed by atoms with Crippen LogP contribution in [0, 0.1) is 0 Å². The molecule has 4 aromatic carbocycles. The third-order valence-corrected chi connectivity index (χ3v) is 6.87. The van der Waals surface area contributed by atoms with Crippen LogP contribution < -0.4 is 9.57 Å². The average molecular weight is 560 g/mol. The first-order valence-corrected chi connectivity index (χ1v) is 14.0. The SMILES string of the molecule is CCCCCCOc1ccc(-c2ccc(-c3nnc(-c4ccc(C(=O)On5nnc6ccccc65)cc4)o3)cc2)cc1. The van der Waals surface area contributed by atoms with Gasteiger partial charge in [-0.1, -0.05) is 67.4 Å². The fourth-order valence-corrected chi connectivity index (χ4v) is 4.52. The summed E-state index contributed by atoms with van der Waals surface area (Å²) in [7, 11) is 0. The van der Waals surface area contributed by atoms with Crippen LogP contribution in [0.5, 0.6) is 5.75 Å². The molecule has 0 saturated carbocycles. The highest BCUT2D eigenvalue weighted by molar-refractivity contribution is 5.90. The van der Waals surface area contributed by atoms with Crippen LogP contribution in [-0.2, 0) is 0 Å². The molecule has 0 fully saturated rings. The number of hydrogen-bond donors (Lipinski definition) is 0. The molecule has 0 aliphatic carbocycles. The number of rotatable bonds is 11. The van der Waals surface area contributed by atoms with E-state index in [1.165, 1.54) is 19.3 Å². The Bertz CT molecular complexity index is 1770. The molecule has 9 heteroatoms. The predicted octanol–water partition coefficient (Wildman–Crippen LogP) is 7.04. The molecule has 0 aliphatic heterocycles. The number of carbonyl (C=O) groups excluding carboxylic acids is 1. The van der Waals surface area contributed by atoms with Gasteiger partial charge in [0.05, 0.1) is 12.2 Å². The minimum atomic E-state index is -0.562. The van der Waals surface area contributed by atoms with E-state index in [1.54, 1.807) is 36.4 Å². The summed E-state index contributed by atoms with van der Waals surface area (Å²) >= 11 is 0. The highest BCUT2D eigenvalue weighted by Crippen LogP contribution is 2.28. The molecular formula is C33H29N5O4. The second-order valence-corrected chi connectivity index (χ2v) is 9.83. The van der Waals surface area contributed by atoms with E-state index in [-0.39, 0.29) is 0 Å². The lowest BCUT2D eigenvalue weighted by Gasteiger charge is -2.07. The second kappa shape index (κ2) is 12.5. The van der Waals surface area contributed by atoms with Crippen molar-refractivity contribution in [2.45, 2.75) is 32.6 Å². The third kappa shape index (κ3) is 6.05. The molecular weight excluding hydrogens is 530 g/mol. The van der Waals surface area contributed by atoms with Gasteiger partial charge in [0, 0.05) is 11.1 Å². The molecule has 6 rings (SSSR count). The summed E-state index contributed by atoms with van der Waals surface area (Å²) in [4.78, 5) is 19.1. The molecule has 9 nitrogen and oxygen atoms in total. The van der Waals surface area contributed by atoms with E-state index in [0.29, 0.717) is 33.9 Å². The molecule has 2 aromatic heterocycles. The zero-order chi connectivity index (χ0) is 28.7. The normalized spacial score (nSPS) is 11.1. The molecule has 0 saturated heterocycles. The van der Waals surface area contributed by atoms with Gasteiger partial charge >= 0.3 is 5.97 Å². The van der Waals surface area contributed by atoms with Gasteiger partial charge in [-0.3, -0.25) is 0 Å². The average Bonchev–Trinajstić information content (AvgIpc) is 3.70. The van der Waals surface area contributed by atoms with Crippen LogP contribution in [0.3, 0.4) is 0 Å². The van der Waals surface area contributed by atoms with Crippen molar-refractivity contribution in [2.75, 3.05) is 6.61 Å². The minimum Gasteiger partial charge on any atom is -0.494 e. The Hall–Kier alpha value is -5.31. The number of ether oxygens (including phenoxy) is 1. The lowest BCUT2D eigenvalue weighted by Crippen LogP contribution is -2.20. The topological polar surface area (TPSA) is 105 Å². The Labute approximate surface area is 242 Å². The predicted molar refractivity (Wildman–Crippen MR) is 159 cm³/mol. The molecule has 0 aliphatic rings. The summed E-state index contributed by atoms with van der Waals surface area (Å²) in [5, 5.41) is 16.3. The van der Waals surface area contributed by atoms with Crippen LogP contribution in [0.4, 0.5) is 0 Å². The van der Waals surface area contributed by atoms with Gasteiger partial charge in [-0.05, 0) is 83.4 Å². The molecule has 0 spiro atoms. The molecule has 42 heavy (non-hydrogen) atoms. The van der Waals surface area contributed by atoms with Gasteiger partial charge in [0.25, 0.3) is 0 Å². The first-order valence-electron chi connectivity index (χ1n) is 14.0. The summed E-state index contributed by atoms with van der Waals surface area (Å²) < 4.78 is 11.8. The molecule has 0 radical (unpaired) electrons. The number of benzene rings is 4. The van der Waals surface area contributed by atoms with E-state index in [2.05, 4.69) is 39.6 Å². The van der Waals surface area contributed by atoms with Crippen molar-refractivity contribution in [3.05, 3.63) is 103 Å². The zero-order valence-corrected chi connectivity index (χ0v) is 23.1. The molecule has 0 amide bonds.